The van der Waals surface area contributed by atoms with E-state index in [4.69, 9.17) is 4.74 Å². The second kappa shape index (κ2) is 9.69. The molecule has 3 N–H and O–H groups in total. The number of hydrogen-bond donors (Lipinski definition) is 3. The van der Waals surface area contributed by atoms with Gasteiger partial charge in [0, 0.05) is 43.8 Å². The number of piperidine rings is 1. The molecule has 0 radical (unpaired) electrons. The lowest BCUT2D eigenvalue weighted by atomic mass is 9.74. The van der Waals surface area contributed by atoms with Crippen LogP contribution in [-0.4, -0.2) is 66.4 Å². The number of nitrogens with zero attached hydrogens (tertiary/aromatic N) is 1. The Labute approximate surface area is 172 Å². The number of aliphatic hydroxyl groups is 2. The Morgan fingerprint density at radius 2 is 1.97 bits per heavy atom. The van der Waals surface area contributed by atoms with Crippen LogP contribution in [0.5, 0.6) is 0 Å². The molecule has 7 heteroatoms. The topological polar surface area (TPSA) is 99.1 Å². The molecular weight excluding hydrogens is 372 g/mol. The van der Waals surface area contributed by atoms with Crippen molar-refractivity contribution in [3.63, 3.8) is 0 Å². The molecule has 1 aliphatic heterocycles. The van der Waals surface area contributed by atoms with Gasteiger partial charge >= 0.3 is 0 Å². The summed E-state index contributed by atoms with van der Waals surface area (Å²) in [5.41, 5.74) is 0.930. The Kier molecular flexibility index (Phi) is 7.27. The summed E-state index contributed by atoms with van der Waals surface area (Å²) in [6.07, 6.45) is 3.36. The van der Waals surface area contributed by atoms with Gasteiger partial charge in [-0.05, 0) is 49.8 Å². The number of aliphatic hydroxyl groups excluding tert-OH is 2. The SMILES string of the molecule is COCCC[C@@]1(CO)CN(C(=O)Cc2ccc(NC(=O)C3CC3)cc2)CC[C@H]1O. The lowest BCUT2D eigenvalue weighted by Gasteiger charge is -2.45. The predicted octanol–water partition coefficient (Wildman–Crippen LogP) is 1.58. The normalized spacial score (nSPS) is 24.4. The first-order chi connectivity index (χ1) is 14.0. The maximum absolute atomic E-state index is 12.8. The number of carbonyl (C=O) groups is 2. The average molecular weight is 405 g/mol. The van der Waals surface area contributed by atoms with E-state index in [1.54, 1.807) is 12.0 Å². The third kappa shape index (κ3) is 5.56. The van der Waals surface area contributed by atoms with Crippen LogP contribution >= 0.6 is 0 Å². The second-order valence-corrected chi connectivity index (χ2v) is 8.37. The van der Waals surface area contributed by atoms with Gasteiger partial charge in [0.2, 0.25) is 11.8 Å². The molecule has 1 aromatic carbocycles. The second-order valence-electron chi connectivity index (χ2n) is 8.37. The number of amides is 2. The van der Waals surface area contributed by atoms with Crippen molar-refractivity contribution >= 4 is 17.5 Å². The van der Waals surface area contributed by atoms with E-state index in [-0.39, 0.29) is 30.8 Å². The Morgan fingerprint density at radius 3 is 2.59 bits per heavy atom. The molecule has 1 saturated carbocycles. The first-order valence-electron chi connectivity index (χ1n) is 10.4. The smallest absolute Gasteiger partial charge is 0.227 e. The molecule has 0 unspecified atom stereocenters. The molecule has 0 aromatic heterocycles. The Morgan fingerprint density at radius 1 is 1.24 bits per heavy atom. The van der Waals surface area contributed by atoms with Gasteiger partial charge < -0.3 is 25.2 Å². The fourth-order valence-corrected chi connectivity index (χ4v) is 3.99. The summed E-state index contributed by atoms with van der Waals surface area (Å²) in [5.74, 6) is 0.201. The fourth-order valence-electron chi connectivity index (χ4n) is 3.99. The van der Waals surface area contributed by atoms with Crippen LogP contribution in [0.1, 0.15) is 37.7 Å². The van der Waals surface area contributed by atoms with Crippen molar-refractivity contribution in [1.29, 1.82) is 0 Å². The summed E-state index contributed by atoms with van der Waals surface area (Å²) in [4.78, 5) is 26.4. The van der Waals surface area contributed by atoms with Gasteiger partial charge in [0.05, 0.1) is 19.1 Å². The lowest BCUT2D eigenvalue weighted by Crippen LogP contribution is -2.55. The Hall–Kier alpha value is -1.96. The van der Waals surface area contributed by atoms with Crippen LogP contribution < -0.4 is 5.32 Å². The summed E-state index contributed by atoms with van der Waals surface area (Å²) in [6, 6.07) is 7.37. The molecule has 2 atom stereocenters. The highest BCUT2D eigenvalue weighted by Crippen LogP contribution is 2.35. The summed E-state index contributed by atoms with van der Waals surface area (Å²) >= 11 is 0. The van der Waals surface area contributed by atoms with Gasteiger partial charge in [-0.25, -0.2) is 0 Å². The molecule has 3 rings (SSSR count). The number of nitrogens with one attached hydrogen (secondary N) is 1. The molecule has 0 spiro atoms. The van der Waals surface area contributed by atoms with Gasteiger partial charge in [0.1, 0.15) is 0 Å². The first kappa shape index (κ1) is 21.7. The van der Waals surface area contributed by atoms with E-state index in [0.29, 0.717) is 32.5 Å². The maximum Gasteiger partial charge on any atom is 0.227 e. The van der Waals surface area contributed by atoms with Gasteiger partial charge in [-0.2, -0.15) is 0 Å². The van der Waals surface area contributed by atoms with E-state index in [1.165, 1.54) is 0 Å². The fraction of sp³-hybridized carbons (Fsp3) is 0.636. The van der Waals surface area contributed by atoms with Crippen molar-refractivity contribution in [2.24, 2.45) is 11.3 Å². The standard InChI is InChI=1S/C22H32N2O5/c1-29-12-2-10-22(15-25)14-24(11-9-19(22)26)20(27)13-16-3-7-18(8-4-16)23-21(28)17-5-6-17/h3-4,7-8,17,19,25-26H,2,5-6,9-15H2,1H3,(H,23,28)/t19-,22+/m1/s1. The van der Waals surface area contributed by atoms with Crippen LogP contribution in [0, 0.1) is 11.3 Å². The molecule has 1 saturated heterocycles. The molecule has 7 nitrogen and oxygen atoms in total. The highest BCUT2D eigenvalue weighted by atomic mass is 16.5. The molecule has 1 aliphatic carbocycles. The highest BCUT2D eigenvalue weighted by Gasteiger charge is 2.43. The van der Waals surface area contributed by atoms with E-state index in [0.717, 1.165) is 30.5 Å². The number of rotatable bonds is 9. The van der Waals surface area contributed by atoms with E-state index in [9.17, 15) is 19.8 Å². The van der Waals surface area contributed by atoms with Crippen LogP contribution in [0.25, 0.3) is 0 Å². The molecule has 2 amide bonds. The summed E-state index contributed by atoms with van der Waals surface area (Å²) in [5, 5.41) is 23.3. The third-order valence-electron chi connectivity index (χ3n) is 6.10. The van der Waals surface area contributed by atoms with Gasteiger partial charge in [0.15, 0.2) is 0 Å². The number of anilines is 1. The Balaban J connectivity index is 1.57. The molecular formula is C22H32N2O5. The van der Waals surface area contributed by atoms with E-state index < -0.39 is 11.5 Å². The van der Waals surface area contributed by atoms with Gasteiger partial charge in [-0.1, -0.05) is 12.1 Å². The van der Waals surface area contributed by atoms with Gasteiger partial charge in [-0.15, -0.1) is 0 Å². The maximum atomic E-state index is 12.8. The van der Waals surface area contributed by atoms with E-state index in [1.807, 2.05) is 24.3 Å². The van der Waals surface area contributed by atoms with E-state index >= 15 is 0 Å². The zero-order chi connectivity index (χ0) is 20.9. The van der Waals surface area contributed by atoms with Crippen molar-refractivity contribution in [1.82, 2.24) is 4.90 Å². The zero-order valence-corrected chi connectivity index (χ0v) is 17.1. The van der Waals surface area contributed by atoms with Crippen LogP contribution in [0.4, 0.5) is 5.69 Å². The minimum atomic E-state index is -0.691. The summed E-state index contributed by atoms with van der Waals surface area (Å²) < 4.78 is 5.09. The largest absolute Gasteiger partial charge is 0.396 e. The lowest BCUT2D eigenvalue weighted by molar-refractivity contribution is -0.142. The van der Waals surface area contributed by atoms with E-state index in [2.05, 4.69) is 5.32 Å². The molecule has 29 heavy (non-hydrogen) atoms. The third-order valence-corrected chi connectivity index (χ3v) is 6.10. The quantitative estimate of drug-likeness (QED) is 0.543. The first-order valence-corrected chi connectivity index (χ1v) is 10.4. The van der Waals surface area contributed by atoms with Crippen molar-refractivity contribution in [2.45, 2.75) is 44.6 Å². The Bertz CT molecular complexity index is 704. The molecule has 2 aliphatic rings. The van der Waals surface area contributed by atoms with Crippen LogP contribution in [0.15, 0.2) is 24.3 Å². The van der Waals surface area contributed by atoms with Crippen molar-refractivity contribution in [3.05, 3.63) is 29.8 Å². The molecule has 2 fully saturated rings. The van der Waals surface area contributed by atoms with Crippen LogP contribution in [0.3, 0.4) is 0 Å². The number of benzene rings is 1. The zero-order valence-electron chi connectivity index (χ0n) is 17.1. The summed E-state index contributed by atoms with van der Waals surface area (Å²) in [6.45, 7) is 1.24. The average Bonchev–Trinajstić information content (AvgIpc) is 3.56. The van der Waals surface area contributed by atoms with Crippen LogP contribution in [0.2, 0.25) is 0 Å². The van der Waals surface area contributed by atoms with Crippen molar-refractivity contribution < 1.29 is 24.5 Å². The number of ether oxygens (including phenoxy) is 1. The highest BCUT2D eigenvalue weighted by molar-refractivity contribution is 5.94. The molecule has 1 aromatic rings. The molecule has 1 heterocycles. The number of methoxy groups -OCH3 is 1. The minimum Gasteiger partial charge on any atom is -0.396 e. The molecule has 0 bridgehead atoms. The summed E-state index contributed by atoms with van der Waals surface area (Å²) in [7, 11) is 1.63. The monoisotopic (exact) mass is 404 g/mol. The van der Waals surface area contributed by atoms with Crippen molar-refractivity contribution in [2.75, 3.05) is 38.7 Å². The number of likely N-dealkylation sites (tertiary alicyclic amines) is 1. The minimum absolute atomic E-state index is 0.0174. The number of carbonyl (C=O) groups excluding carboxylic acids is 2. The molecule has 160 valence electrons. The van der Waals surface area contributed by atoms with Crippen LogP contribution in [-0.2, 0) is 20.7 Å². The predicted molar refractivity (Wildman–Crippen MR) is 109 cm³/mol. The van der Waals surface area contributed by atoms with Gasteiger partial charge in [0.25, 0.3) is 0 Å². The number of hydrogen-bond acceptors (Lipinski definition) is 5. The van der Waals surface area contributed by atoms with Crippen molar-refractivity contribution in [3.8, 4) is 0 Å². The van der Waals surface area contributed by atoms with Gasteiger partial charge in [-0.3, -0.25) is 9.59 Å².